The average Bonchev–Trinajstić information content (AvgIpc) is 3.35. The van der Waals surface area contributed by atoms with E-state index in [0.29, 0.717) is 18.2 Å². The summed E-state index contributed by atoms with van der Waals surface area (Å²) in [5, 5.41) is 7.86. The lowest BCUT2D eigenvalue weighted by molar-refractivity contribution is 0.0505. The van der Waals surface area contributed by atoms with E-state index in [1.54, 1.807) is 7.11 Å². The summed E-state index contributed by atoms with van der Waals surface area (Å²) in [6.07, 6.45) is 5.93. The molecule has 0 aromatic heterocycles. The lowest BCUT2D eigenvalue weighted by Crippen LogP contribution is -2.52. The molecule has 7 heteroatoms. The van der Waals surface area contributed by atoms with Crippen molar-refractivity contribution in [3.05, 3.63) is 28.8 Å². The van der Waals surface area contributed by atoms with Crippen LogP contribution in [0.1, 0.15) is 37.7 Å². The van der Waals surface area contributed by atoms with Crippen molar-refractivity contribution in [2.24, 2.45) is 4.99 Å². The summed E-state index contributed by atoms with van der Waals surface area (Å²) in [4.78, 5) is 4.45. The van der Waals surface area contributed by atoms with E-state index in [1.165, 1.54) is 6.42 Å². The summed E-state index contributed by atoms with van der Waals surface area (Å²) in [5.41, 5.74) is 1.02. The Morgan fingerprint density at radius 2 is 2.14 bits per heavy atom. The number of fused-ring (bicyclic) bond motifs is 2. The molecule has 6 nitrogen and oxygen atoms in total. The maximum Gasteiger partial charge on any atom is 0.191 e. The number of halogens is 1. The van der Waals surface area contributed by atoms with Gasteiger partial charge in [-0.3, -0.25) is 4.99 Å². The number of rotatable bonds is 5. The normalized spacial score (nSPS) is 29.0. The molecule has 4 rings (SSSR count). The van der Waals surface area contributed by atoms with Gasteiger partial charge in [-0.2, -0.15) is 0 Å². The van der Waals surface area contributed by atoms with Crippen molar-refractivity contribution in [3.8, 4) is 5.75 Å². The Morgan fingerprint density at radius 1 is 1.32 bits per heavy atom. The van der Waals surface area contributed by atoms with E-state index in [9.17, 15) is 0 Å². The molecule has 3 atom stereocenters. The minimum absolute atomic E-state index is 0.114. The molecule has 0 amide bonds. The zero-order valence-electron chi connectivity index (χ0n) is 16.7. The second kappa shape index (κ2) is 8.47. The molecule has 0 saturated carbocycles. The zero-order chi connectivity index (χ0) is 19.6. The van der Waals surface area contributed by atoms with E-state index in [0.717, 1.165) is 67.7 Å². The van der Waals surface area contributed by atoms with Gasteiger partial charge in [0.05, 0.1) is 25.4 Å². The van der Waals surface area contributed by atoms with Crippen LogP contribution in [0.5, 0.6) is 5.75 Å². The first-order valence-corrected chi connectivity index (χ1v) is 10.6. The summed E-state index contributed by atoms with van der Waals surface area (Å²) in [7, 11) is 3.53. The lowest BCUT2D eigenvalue weighted by Gasteiger charge is -2.39. The number of aliphatic imine (C=N–C) groups is 1. The molecule has 2 bridgehead atoms. The van der Waals surface area contributed by atoms with E-state index < -0.39 is 0 Å². The fourth-order valence-corrected chi connectivity index (χ4v) is 4.98. The monoisotopic (exact) mass is 407 g/mol. The van der Waals surface area contributed by atoms with Crippen LogP contribution in [-0.4, -0.2) is 58.1 Å². The maximum atomic E-state index is 6.34. The van der Waals surface area contributed by atoms with Crippen LogP contribution in [0, 0.1) is 0 Å². The van der Waals surface area contributed by atoms with E-state index in [2.05, 4.69) is 15.6 Å². The number of hydrogen-bond donors (Lipinski definition) is 2. The summed E-state index contributed by atoms with van der Waals surface area (Å²) >= 11 is 6.34. The number of guanidine groups is 1. The molecule has 3 fully saturated rings. The molecule has 1 aromatic rings. The van der Waals surface area contributed by atoms with Gasteiger partial charge in [0, 0.05) is 42.8 Å². The third-order valence-corrected chi connectivity index (χ3v) is 6.66. The molecule has 0 radical (unpaired) electrons. The Balaban J connectivity index is 1.49. The quantitative estimate of drug-likeness (QED) is 0.580. The Bertz CT molecular complexity index is 721. The molecule has 154 valence electrons. The molecule has 3 saturated heterocycles. The summed E-state index contributed by atoms with van der Waals surface area (Å²) in [5.74, 6) is 1.70. The zero-order valence-corrected chi connectivity index (χ0v) is 17.4. The molecule has 2 N–H and O–H groups in total. The number of nitrogens with one attached hydrogen (secondary N) is 2. The van der Waals surface area contributed by atoms with Gasteiger partial charge in [0.25, 0.3) is 0 Å². The highest BCUT2D eigenvalue weighted by Gasteiger charge is 2.42. The average molecular weight is 408 g/mol. The molecule has 3 heterocycles. The molecular weight excluding hydrogens is 378 g/mol. The number of nitrogens with zero attached hydrogens (tertiary/aromatic N) is 1. The van der Waals surface area contributed by atoms with Crippen LogP contribution in [0.3, 0.4) is 0 Å². The van der Waals surface area contributed by atoms with Gasteiger partial charge in [-0.05, 0) is 50.3 Å². The first-order valence-electron chi connectivity index (χ1n) is 10.2. The molecule has 28 heavy (non-hydrogen) atoms. The van der Waals surface area contributed by atoms with Crippen LogP contribution in [0.4, 0.5) is 0 Å². The SMILES string of the molecule is CN=C(NCC1(c2cc(Cl)ccc2OC)CCOCC1)NC1CC2CCC1O2. The van der Waals surface area contributed by atoms with Gasteiger partial charge in [0.15, 0.2) is 5.96 Å². The van der Waals surface area contributed by atoms with Crippen LogP contribution < -0.4 is 15.4 Å². The van der Waals surface area contributed by atoms with Crippen molar-refractivity contribution in [1.29, 1.82) is 0 Å². The number of benzene rings is 1. The third-order valence-electron chi connectivity index (χ3n) is 6.43. The highest BCUT2D eigenvalue weighted by atomic mass is 35.5. The highest BCUT2D eigenvalue weighted by molar-refractivity contribution is 6.30. The van der Waals surface area contributed by atoms with Gasteiger partial charge in [-0.15, -0.1) is 0 Å². The standard InChI is InChI=1S/C21H30ClN3O3/c1-23-20(25-17-12-15-4-6-19(17)28-15)24-13-21(7-9-27-10-8-21)16-11-14(22)3-5-18(16)26-2/h3,5,11,15,17,19H,4,6-10,12-13H2,1-2H3,(H2,23,24,25). The van der Waals surface area contributed by atoms with Crippen molar-refractivity contribution < 1.29 is 14.2 Å². The topological polar surface area (TPSA) is 64.1 Å². The van der Waals surface area contributed by atoms with Crippen LogP contribution >= 0.6 is 11.6 Å². The third kappa shape index (κ3) is 3.95. The Kier molecular flexibility index (Phi) is 5.99. The van der Waals surface area contributed by atoms with E-state index >= 15 is 0 Å². The minimum Gasteiger partial charge on any atom is -0.496 e. The Labute approximate surface area is 172 Å². The van der Waals surface area contributed by atoms with E-state index in [1.807, 2.05) is 25.2 Å². The second-order valence-electron chi connectivity index (χ2n) is 8.02. The first-order chi connectivity index (χ1) is 13.6. The number of hydrogen-bond acceptors (Lipinski definition) is 4. The molecule has 3 aliphatic heterocycles. The second-order valence-corrected chi connectivity index (χ2v) is 8.46. The van der Waals surface area contributed by atoms with Gasteiger partial charge in [-0.1, -0.05) is 11.6 Å². The van der Waals surface area contributed by atoms with E-state index in [-0.39, 0.29) is 5.41 Å². The summed E-state index contributed by atoms with van der Waals surface area (Å²) in [6.45, 7) is 2.20. The van der Waals surface area contributed by atoms with Crippen LogP contribution in [-0.2, 0) is 14.9 Å². The maximum absolute atomic E-state index is 6.34. The fourth-order valence-electron chi connectivity index (χ4n) is 4.81. The van der Waals surface area contributed by atoms with Crippen molar-refractivity contribution >= 4 is 17.6 Å². The van der Waals surface area contributed by atoms with Crippen molar-refractivity contribution in [2.75, 3.05) is 33.9 Å². The predicted molar refractivity (Wildman–Crippen MR) is 111 cm³/mol. The first kappa shape index (κ1) is 19.8. The number of ether oxygens (including phenoxy) is 3. The van der Waals surface area contributed by atoms with Crippen LogP contribution in [0.2, 0.25) is 5.02 Å². The van der Waals surface area contributed by atoms with Crippen molar-refractivity contribution in [1.82, 2.24) is 10.6 Å². The molecule has 0 aliphatic carbocycles. The van der Waals surface area contributed by atoms with Gasteiger partial charge >= 0.3 is 0 Å². The largest absolute Gasteiger partial charge is 0.496 e. The van der Waals surface area contributed by atoms with Crippen molar-refractivity contribution in [3.63, 3.8) is 0 Å². The van der Waals surface area contributed by atoms with Gasteiger partial charge in [0.2, 0.25) is 0 Å². The molecule has 3 aliphatic rings. The van der Waals surface area contributed by atoms with Crippen LogP contribution in [0.15, 0.2) is 23.2 Å². The molecule has 1 aromatic carbocycles. The van der Waals surface area contributed by atoms with Crippen molar-refractivity contribution in [2.45, 2.75) is 55.8 Å². The molecule has 0 spiro atoms. The molecule has 3 unspecified atom stereocenters. The summed E-state index contributed by atoms with van der Waals surface area (Å²) in [6, 6.07) is 6.21. The van der Waals surface area contributed by atoms with Gasteiger partial charge in [0.1, 0.15) is 5.75 Å². The summed E-state index contributed by atoms with van der Waals surface area (Å²) < 4.78 is 17.3. The molecular formula is C21H30ClN3O3. The Hall–Kier alpha value is -1.50. The Morgan fingerprint density at radius 3 is 2.79 bits per heavy atom. The minimum atomic E-state index is -0.114. The number of methoxy groups -OCH3 is 1. The van der Waals surface area contributed by atoms with Gasteiger partial charge in [-0.25, -0.2) is 0 Å². The van der Waals surface area contributed by atoms with E-state index in [4.69, 9.17) is 25.8 Å². The lowest BCUT2D eigenvalue weighted by atomic mass is 9.73. The van der Waals surface area contributed by atoms with Crippen LogP contribution in [0.25, 0.3) is 0 Å². The predicted octanol–water partition coefficient (Wildman–Crippen LogP) is 2.88. The highest BCUT2D eigenvalue weighted by Crippen LogP contribution is 2.41. The smallest absolute Gasteiger partial charge is 0.191 e. The van der Waals surface area contributed by atoms with Gasteiger partial charge < -0.3 is 24.8 Å². The fraction of sp³-hybridized carbons (Fsp3) is 0.667.